The van der Waals surface area contributed by atoms with Gasteiger partial charge >= 0.3 is 0 Å². The Hall–Kier alpha value is -1.46. The zero-order valence-electron chi connectivity index (χ0n) is 13.0. The summed E-state index contributed by atoms with van der Waals surface area (Å²) in [6, 6.07) is 9.78. The summed E-state index contributed by atoms with van der Waals surface area (Å²) in [5.41, 5.74) is 5.95. The first-order chi connectivity index (χ1) is 9.89. The molecule has 0 saturated heterocycles. The van der Waals surface area contributed by atoms with Crippen LogP contribution in [-0.4, -0.2) is 42.6 Å². The van der Waals surface area contributed by atoms with Crippen LogP contribution in [0.3, 0.4) is 0 Å². The second kappa shape index (κ2) is 8.10. The second-order valence-corrected chi connectivity index (χ2v) is 6.02. The Morgan fingerprint density at radius 1 is 1.29 bits per heavy atom. The number of carbonyl (C=O) groups is 1. The summed E-state index contributed by atoms with van der Waals surface area (Å²) < 4.78 is 5.09. The van der Waals surface area contributed by atoms with Gasteiger partial charge in [0, 0.05) is 26.6 Å². The lowest BCUT2D eigenvalue weighted by molar-refractivity contribution is -0.136. The Balaban J connectivity index is 2.89. The van der Waals surface area contributed by atoms with Crippen LogP contribution < -0.4 is 5.73 Å². The second-order valence-electron chi connectivity index (χ2n) is 5.49. The fraction of sp³-hybridized carbons (Fsp3) is 0.500. The number of hydrogen-bond acceptors (Lipinski definition) is 3. The molecule has 116 valence electrons. The first-order valence-electron chi connectivity index (χ1n) is 7.01. The van der Waals surface area contributed by atoms with Gasteiger partial charge in [-0.05, 0) is 19.4 Å². The maximum atomic E-state index is 12.9. The van der Waals surface area contributed by atoms with Gasteiger partial charge in [0.15, 0.2) is 0 Å². The van der Waals surface area contributed by atoms with Crippen molar-refractivity contribution in [3.63, 3.8) is 0 Å². The first kappa shape index (κ1) is 17.6. The third-order valence-corrected chi connectivity index (χ3v) is 3.71. The average molecular weight is 308 g/mol. The molecule has 21 heavy (non-hydrogen) atoms. The quantitative estimate of drug-likeness (QED) is 0.747. The molecule has 0 aromatic heterocycles. The molecule has 0 fully saturated rings. The Morgan fingerprint density at radius 2 is 1.90 bits per heavy atom. The molecule has 2 N–H and O–H groups in total. The first-order valence-corrected chi connectivity index (χ1v) is 7.42. The number of nitrogens with zero attached hydrogens (tertiary/aromatic N) is 1. The molecule has 1 aromatic rings. The van der Waals surface area contributed by atoms with E-state index in [0.29, 0.717) is 31.1 Å². The third kappa shape index (κ3) is 5.10. The number of benzene rings is 1. The molecule has 1 rings (SSSR count). The van der Waals surface area contributed by atoms with Crippen molar-refractivity contribution in [1.29, 1.82) is 0 Å². The SMILES string of the molecule is COCCN(CCC(N)=S)C(=O)C(C)(C)c1ccccc1. The monoisotopic (exact) mass is 308 g/mol. The van der Waals surface area contributed by atoms with E-state index in [1.807, 2.05) is 44.2 Å². The van der Waals surface area contributed by atoms with Crippen molar-refractivity contribution in [1.82, 2.24) is 4.90 Å². The maximum absolute atomic E-state index is 12.9. The fourth-order valence-corrected chi connectivity index (χ4v) is 2.23. The van der Waals surface area contributed by atoms with E-state index in [1.54, 1.807) is 12.0 Å². The number of rotatable bonds is 8. The highest BCUT2D eigenvalue weighted by Gasteiger charge is 2.33. The maximum Gasteiger partial charge on any atom is 0.232 e. The summed E-state index contributed by atoms with van der Waals surface area (Å²) in [6.07, 6.45) is 0.523. The number of nitrogens with two attached hydrogens (primary N) is 1. The topological polar surface area (TPSA) is 55.6 Å². The number of ether oxygens (including phenoxy) is 1. The summed E-state index contributed by atoms with van der Waals surface area (Å²) in [7, 11) is 1.62. The lowest BCUT2D eigenvalue weighted by Crippen LogP contribution is -2.45. The molecule has 5 heteroatoms. The predicted molar refractivity (Wildman–Crippen MR) is 89.3 cm³/mol. The van der Waals surface area contributed by atoms with E-state index in [1.165, 1.54) is 0 Å². The van der Waals surface area contributed by atoms with Gasteiger partial charge < -0.3 is 15.4 Å². The van der Waals surface area contributed by atoms with Gasteiger partial charge in [-0.3, -0.25) is 4.79 Å². The van der Waals surface area contributed by atoms with Gasteiger partial charge in [0.05, 0.1) is 17.0 Å². The molecule has 0 aliphatic heterocycles. The van der Waals surface area contributed by atoms with E-state index in [9.17, 15) is 4.79 Å². The van der Waals surface area contributed by atoms with Gasteiger partial charge in [-0.15, -0.1) is 0 Å². The highest BCUT2D eigenvalue weighted by atomic mass is 32.1. The van der Waals surface area contributed by atoms with Gasteiger partial charge in [-0.2, -0.15) is 0 Å². The molecular formula is C16H24N2O2S. The lowest BCUT2D eigenvalue weighted by atomic mass is 9.83. The van der Waals surface area contributed by atoms with Crippen LogP contribution in [0.1, 0.15) is 25.8 Å². The summed E-state index contributed by atoms with van der Waals surface area (Å²) in [5, 5.41) is 0. The van der Waals surface area contributed by atoms with Crippen LogP contribution in [0.4, 0.5) is 0 Å². The molecule has 1 aromatic carbocycles. The van der Waals surface area contributed by atoms with E-state index in [0.717, 1.165) is 5.56 Å². The zero-order chi connectivity index (χ0) is 15.9. The molecule has 0 heterocycles. The number of hydrogen-bond donors (Lipinski definition) is 1. The summed E-state index contributed by atoms with van der Waals surface area (Å²) >= 11 is 4.91. The minimum atomic E-state index is -0.592. The van der Waals surface area contributed by atoms with E-state index in [-0.39, 0.29) is 5.91 Å². The van der Waals surface area contributed by atoms with Gasteiger partial charge in [0.1, 0.15) is 0 Å². The van der Waals surface area contributed by atoms with Crippen LogP contribution in [0.15, 0.2) is 30.3 Å². The zero-order valence-corrected chi connectivity index (χ0v) is 13.8. The van der Waals surface area contributed by atoms with Crippen molar-refractivity contribution in [2.24, 2.45) is 5.73 Å². The number of methoxy groups -OCH3 is 1. The minimum absolute atomic E-state index is 0.0574. The number of amides is 1. The van der Waals surface area contributed by atoms with Crippen molar-refractivity contribution in [3.8, 4) is 0 Å². The van der Waals surface area contributed by atoms with Crippen LogP contribution in [-0.2, 0) is 14.9 Å². The molecule has 1 amide bonds. The van der Waals surface area contributed by atoms with E-state index in [4.69, 9.17) is 22.7 Å². The molecule has 0 aliphatic rings. The van der Waals surface area contributed by atoms with Crippen molar-refractivity contribution < 1.29 is 9.53 Å². The number of thiocarbonyl (C=S) groups is 1. The molecule has 4 nitrogen and oxygen atoms in total. The smallest absolute Gasteiger partial charge is 0.232 e. The predicted octanol–water partition coefficient (Wildman–Crippen LogP) is 2.12. The van der Waals surface area contributed by atoms with Gasteiger partial charge in [0.2, 0.25) is 5.91 Å². The molecular weight excluding hydrogens is 284 g/mol. The Labute approximate surface area is 132 Å². The largest absolute Gasteiger partial charge is 0.393 e. The van der Waals surface area contributed by atoms with Gasteiger partial charge in [-0.25, -0.2) is 0 Å². The van der Waals surface area contributed by atoms with Crippen LogP contribution >= 0.6 is 12.2 Å². The van der Waals surface area contributed by atoms with Crippen molar-refractivity contribution in [2.45, 2.75) is 25.7 Å². The van der Waals surface area contributed by atoms with Crippen LogP contribution in [0, 0.1) is 0 Å². The summed E-state index contributed by atoms with van der Waals surface area (Å²) in [6.45, 7) is 5.42. The van der Waals surface area contributed by atoms with Crippen molar-refractivity contribution in [3.05, 3.63) is 35.9 Å². The van der Waals surface area contributed by atoms with Gasteiger partial charge in [0.25, 0.3) is 0 Å². The van der Waals surface area contributed by atoms with Crippen LogP contribution in [0.25, 0.3) is 0 Å². The highest BCUT2D eigenvalue weighted by molar-refractivity contribution is 7.80. The lowest BCUT2D eigenvalue weighted by Gasteiger charge is -2.32. The molecule has 0 atom stereocenters. The van der Waals surface area contributed by atoms with Gasteiger partial charge in [-0.1, -0.05) is 42.5 Å². The Bertz CT molecular complexity index is 474. The van der Waals surface area contributed by atoms with E-state index in [2.05, 4.69) is 0 Å². The Kier molecular flexibility index (Phi) is 6.78. The molecule has 0 spiro atoms. The number of carbonyl (C=O) groups excluding carboxylic acids is 1. The molecule has 0 aliphatic carbocycles. The third-order valence-electron chi connectivity index (χ3n) is 3.51. The summed E-state index contributed by atoms with van der Waals surface area (Å²) in [5.74, 6) is 0.0574. The van der Waals surface area contributed by atoms with Crippen molar-refractivity contribution in [2.75, 3.05) is 26.8 Å². The molecule has 0 bridgehead atoms. The van der Waals surface area contributed by atoms with E-state index < -0.39 is 5.41 Å². The fourth-order valence-electron chi connectivity index (χ4n) is 2.14. The molecule has 0 radical (unpaired) electrons. The Morgan fingerprint density at radius 3 is 2.43 bits per heavy atom. The molecule has 0 unspecified atom stereocenters. The summed E-state index contributed by atoms with van der Waals surface area (Å²) in [4.78, 5) is 15.1. The van der Waals surface area contributed by atoms with Crippen molar-refractivity contribution >= 4 is 23.1 Å². The average Bonchev–Trinajstić information content (AvgIpc) is 2.47. The van der Waals surface area contributed by atoms with Crippen LogP contribution in [0.5, 0.6) is 0 Å². The van der Waals surface area contributed by atoms with Crippen LogP contribution in [0.2, 0.25) is 0 Å². The standard InChI is InChI=1S/C16H24N2O2S/c1-16(2,13-7-5-4-6-8-13)15(19)18(11-12-20-3)10-9-14(17)21/h4-8H,9-12H2,1-3H3,(H2,17,21). The van der Waals surface area contributed by atoms with E-state index >= 15 is 0 Å². The minimum Gasteiger partial charge on any atom is -0.393 e. The normalized spacial score (nSPS) is 11.2. The molecule has 0 saturated carbocycles. The highest BCUT2D eigenvalue weighted by Crippen LogP contribution is 2.25.